The number of ether oxygens (including phenoxy) is 1. The van der Waals surface area contributed by atoms with Crippen LogP contribution in [-0.2, 0) is 4.79 Å². The molecular formula is C10H15N3O2. The predicted molar refractivity (Wildman–Crippen MR) is 58.3 cm³/mol. The Morgan fingerprint density at radius 3 is 2.47 bits per heavy atom. The SMILES string of the molecule is COc1ccc(N(N)C(=O)CCN)cc1. The lowest BCUT2D eigenvalue weighted by Gasteiger charge is -2.16. The number of methoxy groups -OCH3 is 1. The largest absolute Gasteiger partial charge is 0.497 e. The van der Waals surface area contributed by atoms with Crippen molar-refractivity contribution in [1.82, 2.24) is 0 Å². The van der Waals surface area contributed by atoms with Crippen LogP contribution in [0.1, 0.15) is 6.42 Å². The third-order valence-electron chi connectivity index (χ3n) is 1.98. The number of rotatable bonds is 4. The Hall–Kier alpha value is -1.59. The molecule has 0 aliphatic heterocycles. The van der Waals surface area contributed by atoms with E-state index >= 15 is 0 Å². The molecule has 0 bridgehead atoms. The van der Waals surface area contributed by atoms with Gasteiger partial charge >= 0.3 is 0 Å². The maximum Gasteiger partial charge on any atom is 0.242 e. The fourth-order valence-electron chi connectivity index (χ4n) is 1.13. The summed E-state index contributed by atoms with van der Waals surface area (Å²) in [7, 11) is 1.58. The molecule has 15 heavy (non-hydrogen) atoms. The van der Waals surface area contributed by atoms with Crippen LogP contribution in [-0.4, -0.2) is 19.6 Å². The summed E-state index contributed by atoms with van der Waals surface area (Å²) in [6, 6.07) is 6.91. The average Bonchev–Trinajstić information content (AvgIpc) is 2.28. The minimum absolute atomic E-state index is 0.206. The van der Waals surface area contributed by atoms with Gasteiger partial charge < -0.3 is 10.5 Å². The third kappa shape index (κ3) is 2.93. The van der Waals surface area contributed by atoms with Crippen LogP contribution in [0.4, 0.5) is 5.69 Å². The lowest BCUT2D eigenvalue weighted by Crippen LogP contribution is -2.38. The molecule has 0 spiro atoms. The first-order valence-corrected chi connectivity index (χ1v) is 4.61. The maximum absolute atomic E-state index is 11.4. The Morgan fingerprint density at radius 1 is 1.40 bits per heavy atom. The number of amides is 1. The molecular weight excluding hydrogens is 194 g/mol. The van der Waals surface area contributed by atoms with Crippen LogP contribution in [0.5, 0.6) is 5.75 Å². The van der Waals surface area contributed by atoms with Gasteiger partial charge in [0.05, 0.1) is 12.8 Å². The van der Waals surface area contributed by atoms with E-state index in [1.54, 1.807) is 31.4 Å². The molecule has 1 amide bonds. The second-order valence-corrected chi connectivity index (χ2v) is 3.00. The highest BCUT2D eigenvalue weighted by Gasteiger charge is 2.10. The first-order chi connectivity index (χ1) is 7.19. The van der Waals surface area contributed by atoms with E-state index < -0.39 is 0 Å². The minimum Gasteiger partial charge on any atom is -0.497 e. The Morgan fingerprint density at radius 2 is 2.00 bits per heavy atom. The molecule has 1 rings (SSSR count). The van der Waals surface area contributed by atoms with Crippen molar-refractivity contribution in [2.24, 2.45) is 11.6 Å². The molecule has 0 unspecified atom stereocenters. The summed E-state index contributed by atoms with van der Waals surface area (Å²) < 4.78 is 4.99. The van der Waals surface area contributed by atoms with Crippen LogP contribution in [0.3, 0.4) is 0 Å². The van der Waals surface area contributed by atoms with Crippen LogP contribution in [0.2, 0.25) is 0 Å². The van der Waals surface area contributed by atoms with Crippen molar-refractivity contribution in [3.63, 3.8) is 0 Å². The number of hydrogen-bond donors (Lipinski definition) is 2. The topological polar surface area (TPSA) is 81.6 Å². The zero-order chi connectivity index (χ0) is 11.3. The van der Waals surface area contributed by atoms with Crippen LogP contribution in [0.25, 0.3) is 0 Å². The Balaban J connectivity index is 2.73. The average molecular weight is 209 g/mol. The van der Waals surface area contributed by atoms with Crippen molar-refractivity contribution in [2.75, 3.05) is 18.7 Å². The molecule has 0 radical (unpaired) electrons. The van der Waals surface area contributed by atoms with E-state index in [2.05, 4.69) is 0 Å². The summed E-state index contributed by atoms with van der Waals surface area (Å²) >= 11 is 0. The lowest BCUT2D eigenvalue weighted by molar-refractivity contribution is -0.118. The van der Waals surface area contributed by atoms with Crippen molar-refractivity contribution in [3.05, 3.63) is 24.3 Å². The van der Waals surface area contributed by atoms with Gasteiger partial charge in [0, 0.05) is 13.0 Å². The van der Waals surface area contributed by atoms with E-state index in [0.29, 0.717) is 12.2 Å². The van der Waals surface area contributed by atoms with E-state index in [0.717, 1.165) is 10.8 Å². The van der Waals surface area contributed by atoms with E-state index in [1.807, 2.05) is 0 Å². The van der Waals surface area contributed by atoms with Gasteiger partial charge in [-0.05, 0) is 24.3 Å². The molecule has 1 aromatic rings. The quantitative estimate of drug-likeness (QED) is 0.423. The molecule has 0 aromatic heterocycles. The molecule has 0 saturated carbocycles. The standard InChI is InChI=1S/C10H15N3O2/c1-15-9-4-2-8(3-5-9)13(12)10(14)6-7-11/h2-5H,6-7,11-12H2,1H3. The molecule has 0 aliphatic carbocycles. The summed E-state index contributed by atoms with van der Waals surface area (Å²) in [5.74, 6) is 6.12. The summed E-state index contributed by atoms with van der Waals surface area (Å²) in [5.41, 5.74) is 5.89. The first-order valence-electron chi connectivity index (χ1n) is 4.61. The predicted octanol–water partition coefficient (Wildman–Crippen LogP) is 0.251. The Labute approximate surface area is 88.6 Å². The van der Waals surface area contributed by atoms with Gasteiger partial charge in [-0.15, -0.1) is 0 Å². The number of hydrazine groups is 1. The van der Waals surface area contributed by atoms with Crippen molar-refractivity contribution in [2.45, 2.75) is 6.42 Å². The van der Waals surface area contributed by atoms with E-state index in [1.165, 1.54) is 0 Å². The number of carbonyl (C=O) groups is 1. The van der Waals surface area contributed by atoms with Gasteiger partial charge in [-0.2, -0.15) is 0 Å². The molecule has 1 aromatic carbocycles. The zero-order valence-electron chi connectivity index (χ0n) is 8.64. The number of anilines is 1. The van der Waals surface area contributed by atoms with Crippen LogP contribution < -0.4 is 21.3 Å². The molecule has 0 heterocycles. The van der Waals surface area contributed by atoms with Crippen LogP contribution in [0.15, 0.2) is 24.3 Å². The van der Waals surface area contributed by atoms with Crippen LogP contribution >= 0.6 is 0 Å². The van der Waals surface area contributed by atoms with Crippen LogP contribution in [0, 0.1) is 0 Å². The second-order valence-electron chi connectivity index (χ2n) is 3.00. The summed E-state index contributed by atoms with van der Waals surface area (Å²) in [4.78, 5) is 11.4. The normalized spacial score (nSPS) is 9.80. The maximum atomic E-state index is 11.4. The zero-order valence-corrected chi connectivity index (χ0v) is 8.64. The van der Waals surface area contributed by atoms with Gasteiger partial charge in [-0.3, -0.25) is 4.79 Å². The number of benzene rings is 1. The van der Waals surface area contributed by atoms with Gasteiger partial charge in [0.2, 0.25) is 5.91 Å². The fourth-order valence-corrected chi connectivity index (χ4v) is 1.13. The number of hydrogen-bond acceptors (Lipinski definition) is 4. The van der Waals surface area contributed by atoms with Gasteiger partial charge in [0.25, 0.3) is 0 Å². The highest BCUT2D eigenvalue weighted by molar-refractivity contribution is 5.92. The number of nitrogens with zero attached hydrogens (tertiary/aromatic N) is 1. The smallest absolute Gasteiger partial charge is 0.242 e. The number of carbonyl (C=O) groups excluding carboxylic acids is 1. The van der Waals surface area contributed by atoms with E-state index in [4.69, 9.17) is 16.3 Å². The van der Waals surface area contributed by atoms with E-state index in [9.17, 15) is 4.79 Å². The third-order valence-corrected chi connectivity index (χ3v) is 1.98. The monoisotopic (exact) mass is 209 g/mol. The summed E-state index contributed by atoms with van der Waals surface area (Å²) in [5, 5.41) is 1.09. The minimum atomic E-state index is -0.206. The molecule has 4 N–H and O–H groups in total. The molecule has 0 saturated heterocycles. The van der Waals surface area contributed by atoms with Gasteiger partial charge in [0.1, 0.15) is 5.75 Å². The van der Waals surface area contributed by atoms with Gasteiger partial charge in [-0.25, -0.2) is 10.9 Å². The highest BCUT2D eigenvalue weighted by Crippen LogP contribution is 2.17. The molecule has 0 atom stereocenters. The van der Waals surface area contributed by atoms with Crippen molar-refractivity contribution in [3.8, 4) is 5.75 Å². The number of nitrogens with two attached hydrogens (primary N) is 2. The molecule has 0 fully saturated rings. The molecule has 0 aliphatic rings. The Bertz CT molecular complexity index is 324. The second kappa shape index (κ2) is 5.33. The summed E-state index contributed by atoms with van der Waals surface area (Å²) in [6.45, 7) is 0.294. The molecule has 82 valence electrons. The van der Waals surface area contributed by atoms with Gasteiger partial charge in [-0.1, -0.05) is 0 Å². The molecule has 5 heteroatoms. The van der Waals surface area contributed by atoms with Crippen molar-refractivity contribution < 1.29 is 9.53 Å². The highest BCUT2D eigenvalue weighted by atomic mass is 16.5. The van der Waals surface area contributed by atoms with Gasteiger partial charge in [0.15, 0.2) is 0 Å². The first kappa shape index (κ1) is 11.5. The summed E-state index contributed by atoms with van der Waals surface area (Å²) in [6.07, 6.45) is 0.239. The molecule has 5 nitrogen and oxygen atoms in total. The van der Waals surface area contributed by atoms with Crippen molar-refractivity contribution in [1.29, 1.82) is 0 Å². The Kier molecular flexibility index (Phi) is 4.08. The van der Waals surface area contributed by atoms with Crippen molar-refractivity contribution >= 4 is 11.6 Å². The van der Waals surface area contributed by atoms with E-state index in [-0.39, 0.29) is 12.3 Å². The fraction of sp³-hybridized carbons (Fsp3) is 0.300. The lowest BCUT2D eigenvalue weighted by atomic mass is 10.3.